The van der Waals surface area contributed by atoms with Crippen LogP contribution in [0.1, 0.15) is 27.5 Å². The van der Waals surface area contributed by atoms with Gasteiger partial charge in [-0.15, -0.1) is 0 Å². The van der Waals surface area contributed by atoms with Crippen LogP contribution in [0.25, 0.3) is 0 Å². The molecular weight excluding hydrogens is 454 g/mol. The Labute approximate surface area is 191 Å². The molecule has 2 N–H and O–H groups in total. The second-order valence-electron chi connectivity index (χ2n) is 7.20. The molecule has 6 nitrogen and oxygen atoms in total. The summed E-state index contributed by atoms with van der Waals surface area (Å²) in [6.07, 6.45) is 0. The molecule has 0 radical (unpaired) electrons. The third-order valence-corrected chi connectivity index (χ3v) is 7.38. The summed E-state index contributed by atoms with van der Waals surface area (Å²) in [4.78, 5) is 14.6. The molecule has 3 aromatic rings. The van der Waals surface area contributed by atoms with Gasteiger partial charge in [-0.2, -0.15) is 11.3 Å². The van der Waals surface area contributed by atoms with Crippen molar-refractivity contribution in [1.29, 1.82) is 0 Å². The fraction of sp³-hybridized carbons (Fsp3) is 0.227. The van der Waals surface area contributed by atoms with E-state index in [1.54, 1.807) is 11.3 Å². The standard InChI is InChI=1S/C22H24ClN3O3S2/c1-26(2)20(18-10-11-30-15-18)14-24-22(27)17-8-9-19(23)21(12-17)31(28,29)25-13-16-6-4-3-5-7-16/h3-12,15,20,25H,13-14H2,1-2H3,(H,24,27). The van der Waals surface area contributed by atoms with Crippen LogP contribution in [0.4, 0.5) is 0 Å². The number of amides is 1. The van der Waals surface area contributed by atoms with E-state index < -0.39 is 10.0 Å². The number of sulfonamides is 1. The van der Waals surface area contributed by atoms with Crippen molar-refractivity contribution in [2.75, 3.05) is 20.6 Å². The van der Waals surface area contributed by atoms with Crippen molar-refractivity contribution in [2.24, 2.45) is 0 Å². The van der Waals surface area contributed by atoms with Gasteiger partial charge in [0, 0.05) is 18.7 Å². The van der Waals surface area contributed by atoms with Gasteiger partial charge in [-0.05, 0) is 60.2 Å². The molecular formula is C22H24ClN3O3S2. The van der Waals surface area contributed by atoms with Crippen molar-refractivity contribution >= 4 is 38.9 Å². The highest BCUT2D eigenvalue weighted by molar-refractivity contribution is 7.89. The molecule has 1 unspecified atom stereocenters. The highest BCUT2D eigenvalue weighted by Gasteiger charge is 2.21. The monoisotopic (exact) mass is 477 g/mol. The zero-order chi connectivity index (χ0) is 22.4. The molecule has 0 aliphatic rings. The SMILES string of the molecule is CN(C)C(CNC(=O)c1ccc(Cl)c(S(=O)(=O)NCc2ccccc2)c1)c1ccsc1. The minimum Gasteiger partial charge on any atom is -0.350 e. The molecule has 0 saturated carbocycles. The van der Waals surface area contributed by atoms with Gasteiger partial charge in [0.15, 0.2) is 0 Å². The van der Waals surface area contributed by atoms with Crippen molar-refractivity contribution in [3.8, 4) is 0 Å². The molecule has 0 aliphatic heterocycles. The third kappa shape index (κ3) is 6.15. The summed E-state index contributed by atoms with van der Waals surface area (Å²) in [7, 11) is -0.00551. The first-order valence-electron chi connectivity index (χ1n) is 9.58. The lowest BCUT2D eigenvalue weighted by Crippen LogP contribution is -2.34. The summed E-state index contributed by atoms with van der Waals surface area (Å²) in [6, 6.07) is 15.4. The minimum absolute atomic E-state index is 0.0123. The number of nitrogens with zero attached hydrogens (tertiary/aromatic N) is 1. The van der Waals surface area contributed by atoms with Crippen molar-refractivity contribution < 1.29 is 13.2 Å². The number of carbonyl (C=O) groups excluding carboxylic acids is 1. The van der Waals surface area contributed by atoms with Crippen molar-refractivity contribution in [1.82, 2.24) is 14.9 Å². The van der Waals surface area contributed by atoms with Gasteiger partial charge in [0.05, 0.1) is 11.1 Å². The first-order valence-corrected chi connectivity index (χ1v) is 12.4. The van der Waals surface area contributed by atoms with E-state index in [0.717, 1.165) is 11.1 Å². The van der Waals surface area contributed by atoms with Gasteiger partial charge in [-0.25, -0.2) is 13.1 Å². The molecule has 1 atom stereocenters. The van der Waals surface area contributed by atoms with E-state index in [2.05, 4.69) is 10.0 Å². The van der Waals surface area contributed by atoms with Crippen molar-refractivity contribution in [2.45, 2.75) is 17.5 Å². The number of hydrogen-bond donors (Lipinski definition) is 2. The maximum atomic E-state index is 12.8. The number of hydrogen-bond acceptors (Lipinski definition) is 5. The van der Waals surface area contributed by atoms with Crippen molar-refractivity contribution in [3.05, 3.63) is 87.1 Å². The Morgan fingerprint density at radius 2 is 1.87 bits per heavy atom. The van der Waals surface area contributed by atoms with E-state index in [-0.39, 0.29) is 34.0 Å². The van der Waals surface area contributed by atoms with Crippen LogP contribution in [0, 0.1) is 0 Å². The molecule has 0 bridgehead atoms. The Bertz CT molecular complexity index is 1120. The van der Waals surface area contributed by atoms with Crippen LogP contribution in [0.3, 0.4) is 0 Å². The molecule has 0 spiro atoms. The van der Waals surface area contributed by atoms with E-state index in [1.165, 1.54) is 18.2 Å². The second kappa shape index (κ2) is 10.4. The lowest BCUT2D eigenvalue weighted by Gasteiger charge is -2.24. The normalized spacial score (nSPS) is 12.6. The van der Waals surface area contributed by atoms with Gasteiger partial charge in [0.1, 0.15) is 4.90 Å². The zero-order valence-electron chi connectivity index (χ0n) is 17.2. The Morgan fingerprint density at radius 3 is 2.52 bits per heavy atom. The Hall–Kier alpha value is -2.23. The zero-order valence-corrected chi connectivity index (χ0v) is 19.6. The smallest absolute Gasteiger partial charge is 0.251 e. The van der Waals surface area contributed by atoms with Crippen molar-refractivity contribution in [3.63, 3.8) is 0 Å². The summed E-state index contributed by atoms with van der Waals surface area (Å²) < 4.78 is 28.1. The van der Waals surface area contributed by atoms with E-state index in [9.17, 15) is 13.2 Å². The van der Waals surface area contributed by atoms with Gasteiger partial charge in [0.2, 0.25) is 10.0 Å². The number of thiophene rings is 1. The largest absolute Gasteiger partial charge is 0.350 e. The lowest BCUT2D eigenvalue weighted by atomic mass is 10.1. The Kier molecular flexibility index (Phi) is 7.85. The first kappa shape index (κ1) is 23.4. The van der Waals surface area contributed by atoms with Gasteiger partial charge < -0.3 is 10.2 Å². The Balaban J connectivity index is 1.72. The number of benzene rings is 2. The third-order valence-electron chi connectivity index (χ3n) is 4.80. The van der Waals surface area contributed by atoms with Gasteiger partial charge in [0.25, 0.3) is 5.91 Å². The number of halogens is 1. The average Bonchev–Trinajstić information content (AvgIpc) is 3.27. The van der Waals surface area contributed by atoms with Crippen LogP contribution in [0.5, 0.6) is 0 Å². The highest BCUT2D eigenvalue weighted by atomic mass is 35.5. The molecule has 0 aliphatic carbocycles. The molecule has 9 heteroatoms. The van der Waals surface area contributed by atoms with Gasteiger partial charge in [-0.3, -0.25) is 4.79 Å². The molecule has 31 heavy (non-hydrogen) atoms. The summed E-state index contributed by atoms with van der Waals surface area (Å²) in [5.41, 5.74) is 2.16. The molecule has 1 amide bonds. The highest BCUT2D eigenvalue weighted by Crippen LogP contribution is 2.24. The van der Waals surface area contributed by atoms with Crippen LogP contribution in [0.15, 0.2) is 70.3 Å². The first-order chi connectivity index (χ1) is 14.8. The summed E-state index contributed by atoms with van der Waals surface area (Å²) in [5.74, 6) is -0.363. The molecule has 3 rings (SSSR count). The van der Waals surface area contributed by atoms with Gasteiger partial charge in [-0.1, -0.05) is 41.9 Å². The number of rotatable bonds is 9. The number of nitrogens with one attached hydrogen (secondary N) is 2. The molecule has 0 fully saturated rings. The van der Waals surface area contributed by atoms with E-state index in [0.29, 0.717) is 6.54 Å². The maximum absolute atomic E-state index is 12.8. The van der Waals surface area contributed by atoms with Crippen LogP contribution in [-0.2, 0) is 16.6 Å². The lowest BCUT2D eigenvalue weighted by molar-refractivity contribution is 0.0941. The van der Waals surface area contributed by atoms with E-state index in [4.69, 9.17) is 11.6 Å². The number of likely N-dealkylation sites (N-methyl/N-ethyl adjacent to an activating group) is 1. The van der Waals surface area contributed by atoms with E-state index in [1.807, 2.05) is 66.2 Å². The van der Waals surface area contributed by atoms with Crippen LogP contribution < -0.4 is 10.0 Å². The minimum atomic E-state index is -3.89. The molecule has 0 saturated heterocycles. The van der Waals surface area contributed by atoms with Gasteiger partial charge >= 0.3 is 0 Å². The molecule has 1 heterocycles. The summed E-state index contributed by atoms with van der Waals surface area (Å²) in [5, 5.41) is 6.98. The maximum Gasteiger partial charge on any atom is 0.251 e. The molecule has 2 aromatic carbocycles. The van der Waals surface area contributed by atoms with E-state index >= 15 is 0 Å². The average molecular weight is 478 g/mol. The summed E-state index contributed by atoms with van der Waals surface area (Å²) in [6.45, 7) is 0.514. The fourth-order valence-corrected chi connectivity index (χ4v) is 5.31. The van der Waals surface area contributed by atoms with Crippen LogP contribution in [-0.4, -0.2) is 39.9 Å². The Morgan fingerprint density at radius 1 is 1.13 bits per heavy atom. The topological polar surface area (TPSA) is 78.5 Å². The predicted molar refractivity (Wildman–Crippen MR) is 125 cm³/mol. The van der Waals surface area contributed by atoms with Crippen LogP contribution in [0.2, 0.25) is 5.02 Å². The van der Waals surface area contributed by atoms with Crippen LogP contribution >= 0.6 is 22.9 Å². The molecule has 1 aromatic heterocycles. The molecule has 164 valence electrons. The second-order valence-corrected chi connectivity index (χ2v) is 10.1. The fourth-order valence-electron chi connectivity index (χ4n) is 3.06. The quantitative estimate of drug-likeness (QED) is 0.489. The number of carbonyl (C=O) groups is 1. The predicted octanol–water partition coefficient (Wildman–Crippen LogP) is 3.91. The summed E-state index contributed by atoms with van der Waals surface area (Å²) >= 11 is 7.74.